The molecule has 0 saturated carbocycles. The number of likely N-dealkylation sites (tertiary alicyclic amines) is 1. The molecule has 1 aromatic rings. The number of hydrogen-bond acceptors (Lipinski definition) is 3. The van der Waals surface area contributed by atoms with Gasteiger partial charge in [0.05, 0.1) is 19.1 Å². The van der Waals surface area contributed by atoms with Crippen molar-refractivity contribution in [2.75, 3.05) is 19.6 Å². The summed E-state index contributed by atoms with van der Waals surface area (Å²) in [4.78, 5) is 25.2. The zero-order valence-corrected chi connectivity index (χ0v) is 11.8. The Balaban J connectivity index is 2.06. The topological polar surface area (TPSA) is 75.4 Å². The number of rotatable bonds is 4. The number of nitrogens with two attached hydrogens (primary N) is 1. The van der Waals surface area contributed by atoms with E-state index in [0.29, 0.717) is 0 Å². The van der Waals surface area contributed by atoms with Crippen LogP contribution in [0.1, 0.15) is 30.0 Å². The molecule has 5 heteroatoms. The first-order valence-electron chi connectivity index (χ1n) is 6.95. The molecule has 3 N–H and O–H groups in total. The van der Waals surface area contributed by atoms with Crippen LogP contribution in [0, 0.1) is 6.92 Å². The molecule has 0 bridgehead atoms. The molecule has 1 heterocycles. The lowest BCUT2D eigenvalue weighted by Crippen LogP contribution is -2.41. The molecule has 0 radical (unpaired) electrons. The summed E-state index contributed by atoms with van der Waals surface area (Å²) >= 11 is 0. The summed E-state index contributed by atoms with van der Waals surface area (Å²) in [6.45, 7) is 2.75. The molecule has 1 aromatic carbocycles. The summed E-state index contributed by atoms with van der Waals surface area (Å²) < 4.78 is 0. The van der Waals surface area contributed by atoms with Gasteiger partial charge in [0.2, 0.25) is 11.8 Å². The molecule has 1 unspecified atom stereocenters. The van der Waals surface area contributed by atoms with Gasteiger partial charge in [-0.1, -0.05) is 24.3 Å². The molecule has 1 atom stereocenters. The Kier molecular flexibility index (Phi) is 4.74. The van der Waals surface area contributed by atoms with Crippen molar-refractivity contribution in [3.8, 4) is 0 Å². The lowest BCUT2D eigenvalue weighted by atomic mass is 9.99. The predicted molar refractivity (Wildman–Crippen MR) is 76.9 cm³/mol. The first-order chi connectivity index (χ1) is 9.63. The van der Waals surface area contributed by atoms with E-state index in [4.69, 9.17) is 5.73 Å². The largest absolute Gasteiger partial charge is 0.346 e. The van der Waals surface area contributed by atoms with E-state index in [1.165, 1.54) is 11.1 Å². The first-order valence-corrected chi connectivity index (χ1v) is 6.95. The summed E-state index contributed by atoms with van der Waals surface area (Å²) in [6.07, 6.45) is 1.97. The van der Waals surface area contributed by atoms with Crippen LogP contribution >= 0.6 is 0 Å². The van der Waals surface area contributed by atoms with Crippen LogP contribution < -0.4 is 11.1 Å². The lowest BCUT2D eigenvalue weighted by Gasteiger charge is -2.26. The molecule has 1 aliphatic heterocycles. The summed E-state index contributed by atoms with van der Waals surface area (Å²) in [7, 11) is 0. The molecule has 0 aliphatic carbocycles. The standard InChI is InChI=1S/C15H21N3O2/c1-11-5-2-3-6-12(11)13-7-4-8-18(13)15(20)10-17-14(19)9-16/h2-3,5-6,13H,4,7-10,16H2,1H3,(H,17,19). The van der Waals surface area contributed by atoms with Crippen molar-refractivity contribution in [1.82, 2.24) is 10.2 Å². The minimum Gasteiger partial charge on any atom is -0.346 e. The van der Waals surface area contributed by atoms with Gasteiger partial charge in [-0.05, 0) is 30.9 Å². The Hall–Kier alpha value is -1.88. The van der Waals surface area contributed by atoms with Gasteiger partial charge in [-0.2, -0.15) is 0 Å². The van der Waals surface area contributed by atoms with Crippen LogP contribution in [0.25, 0.3) is 0 Å². The van der Waals surface area contributed by atoms with Crippen molar-refractivity contribution in [2.45, 2.75) is 25.8 Å². The number of hydrogen-bond donors (Lipinski definition) is 2. The van der Waals surface area contributed by atoms with E-state index < -0.39 is 0 Å². The van der Waals surface area contributed by atoms with E-state index in [1.54, 1.807) is 0 Å². The van der Waals surface area contributed by atoms with Crippen molar-refractivity contribution < 1.29 is 9.59 Å². The van der Waals surface area contributed by atoms with Crippen molar-refractivity contribution in [1.29, 1.82) is 0 Å². The van der Waals surface area contributed by atoms with Crippen LogP contribution in [-0.2, 0) is 9.59 Å². The second kappa shape index (κ2) is 6.52. The molecular formula is C15H21N3O2. The summed E-state index contributed by atoms with van der Waals surface area (Å²) in [5, 5.41) is 2.54. The average molecular weight is 275 g/mol. The highest BCUT2D eigenvalue weighted by molar-refractivity contribution is 5.85. The molecular weight excluding hydrogens is 254 g/mol. The van der Waals surface area contributed by atoms with E-state index in [9.17, 15) is 9.59 Å². The normalized spacial score (nSPS) is 18.1. The molecule has 1 aliphatic rings. The Bertz CT molecular complexity index is 502. The Morgan fingerprint density at radius 1 is 1.40 bits per heavy atom. The van der Waals surface area contributed by atoms with Crippen LogP contribution in [0.15, 0.2) is 24.3 Å². The van der Waals surface area contributed by atoms with Gasteiger partial charge >= 0.3 is 0 Å². The number of carbonyl (C=O) groups excluding carboxylic acids is 2. The minimum absolute atomic E-state index is 0.0262. The van der Waals surface area contributed by atoms with E-state index >= 15 is 0 Å². The molecule has 0 aromatic heterocycles. The van der Waals surface area contributed by atoms with Gasteiger partial charge in [0.25, 0.3) is 0 Å². The average Bonchev–Trinajstić information content (AvgIpc) is 2.94. The quantitative estimate of drug-likeness (QED) is 0.850. The van der Waals surface area contributed by atoms with Crippen molar-refractivity contribution in [3.63, 3.8) is 0 Å². The van der Waals surface area contributed by atoms with Gasteiger partial charge < -0.3 is 16.0 Å². The zero-order valence-electron chi connectivity index (χ0n) is 11.8. The Morgan fingerprint density at radius 3 is 2.85 bits per heavy atom. The van der Waals surface area contributed by atoms with Gasteiger partial charge in [-0.15, -0.1) is 0 Å². The maximum Gasteiger partial charge on any atom is 0.242 e. The second-order valence-corrected chi connectivity index (χ2v) is 5.08. The highest BCUT2D eigenvalue weighted by Gasteiger charge is 2.30. The number of aryl methyl sites for hydroxylation is 1. The van der Waals surface area contributed by atoms with E-state index in [0.717, 1.165) is 19.4 Å². The first kappa shape index (κ1) is 14.5. The molecule has 1 saturated heterocycles. The molecule has 0 spiro atoms. The summed E-state index contributed by atoms with van der Waals surface area (Å²) in [6, 6.07) is 8.26. The van der Waals surface area contributed by atoms with E-state index in [1.807, 2.05) is 17.0 Å². The number of nitrogens with zero attached hydrogens (tertiary/aromatic N) is 1. The van der Waals surface area contributed by atoms with Gasteiger partial charge in [0, 0.05) is 6.54 Å². The van der Waals surface area contributed by atoms with Gasteiger partial charge in [0.15, 0.2) is 0 Å². The van der Waals surface area contributed by atoms with Crippen LogP contribution in [0.3, 0.4) is 0 Å². The van der Waals surface area contributed by atoms with Crippen LogP contribution in [-0.4, -0.2) is 36.3 Å². The molecule has 1 fully saturated rings. The predicted octanol–water partition coefficient (Wildman–Crippen LogP) is 0.733. The van der Waals surface area contributed by atoms with Gasteiger partial charge in [-0.3, -0.25) is 9.59 Å². The number of carbonyl (C=O) groups is 2. The molecule has 108 valence electrons. The summed E-state index contributed by atoms with van der Waals surface area (Å²) in [5.41, 5.74) is 7.61. The molecule has 5 nitrogen and oxygen atoms in total. The fraction of sp³-hybridized carbons (Fsp3) is 0.467. The number of nitrogens with one attached hydrogen (secondary N) is 1. The van der Waals surface area contributed by atoms with Crippen LogP contribution in [0.5, 0.6) is 0 Å². The van der Waals surface area contributed by atoms with Gasteiger partial charge in [-0.25, -0.2) is 0 Å². The van der Waals surface area contributed by atoms with Crippen LogP contribution in [0.2, 0.25) is 0 Å². The second-order valence-electron chi connectivity index (χ2n) is 5.08. The third kappa shape index (κ3) is 3.17. The van der Waals surface area contributed by atoms with Gasteiger partial charge in [0.1, 0.15) is 0 Å². The monoisotopic (exact) mass is 275 g/mol. The highest BCUT2D eigenvalue weighted by atomic mass is 16.2. The molecule has 20 heavy (non-hydrogen) atoms. The van der Waals surface area contributed by atoms with Crippen molar-refractivity contribution in [2.24, 2.45) is 5.73 Å². The van der Waals surface area contributed by atoms with E-state index in [2.05, 4.69) is 24.4 Å². The maximum absolute atomic E-state index is 12.2. The smallest absolute Gasteiger partial charge is 0.242 e. The fourth-order valence-corrected chi connectivity index (χ4v) is 2.70. The van der Waals surface area contributed by atoms with Crippen molar-refractivity contribution >= 4 is 11.8 Å². The third-order valence-electron chi connectivity index (χ3n) is 3.74. The van der Waals surface area contributed by atoms with E-state index in [-0.39, 0.29) is 30.9 Å². The highest BCUT2D eigenvalue weighted by Crippen LogP contribution is 2.33. The van der Waals surface area contributed by atoms with Crippen molar-refractivity contribution in [3.05, 3.63) is 35.4 Å². The maximum atomic E-state index is 12.2. The molecule has 2 amide bonds. The SMILES string of the molecule is Cc1ccccc1C1CCCN1C(=O)CNC(=O)CN. The molecule has 2 rings (SSSR count). The Morgan fingerprint density at radius 2 is 2.15 bits per heavy atom. The fourth-order valence-electron chi connectivity index (χ4n) is 2.70. The third-order valence-corrected chi connectivity index (χ3v) is 3.74. The lowest BCUT2D eigenvalue weighted by molar-refractivity contribution is -0.133. The number of benzene rings is 1. The minimum atomic E-state index is -0.301. The zero-order chi connectivity index (χ0) is 14.5. The summed E-state index contributed by atoms with van der Waals surface area (Å²) in [5.74, 6) is -0.345. The Labute approximate surface area is 119 Å². The van der Waals surface area contributed by atoms with Crippen LogP contribution in [0.4, 0.5) is 0 Å². The number of amides is 2.